The lowest BCUT2D eigenvalue weighted by atomic mass is 10.3. The van der Waals surface area contributed by atoms with E-state index in [0.717, 1.165) is 31.1 Å². The molecular weight excluding hydrogens is 224 g/mol. The zero-order chi connectivity index (χ0) is 11.4. The van der Waals surface area contributed by atoms with Gasteiger partial charge in [-0.1, -0.05) is 12.1 Å². The van der Waals surface area contributed by atoms with E-state index in [4.69, 9.17) is 4.52 Å². The Labute approximate surface area is 100.0 Å². The lowest BCUT2D eigenvalue weighted by Gasteiger charge is -2.29. The van der Waals surface area contributed by atoms with Gasteiger partial charge >= 0.3 is 6.01 Å². The molecule has 0 spiro atoms. The Kier molecular flexibility index (Phi) is 4.06. The summed E-state index contributed by atoms with van der Waals surface area (Å²) in [4.78, 5) is 6.66. The van der Waals surface area contributed by atoms with Crippen molar-refractivity contribution in [2.45, 2.75) is 19.4 Å². The molecule has 0 aliphatic carbocycles. The lowest BCUT2D eigenvalue weighted by Crippen LogP contribution is -2.33. The van der Waals surface area contributed by atoms with Gasteiger partial charge in [-0.2, -0.15) is 16.7 Å². The van der Waals surface area contributed by atoms with Gasteiger partial charge in [0, 0.05) is 24.6 Å². The number of nitrogens with one attached hydrogen (secondary N) is 1. The van der Waals surface area contributed by atoms with Crippen molar-refractivity contribution in [3.63, 3.8) is 0 Å². The molecule has 0 bridgehead atoms. The first-order valence-corrected chi connectivity index (χ1v) is 6.82. The third-order valence-corrected chi connectivity index (χ3v) is 3.68. The smallest absolute Gasteiger partial charge is 0.321 e. The van der Waals surface area contributed by atoms with Crippen molar-refractivity contribution in [2.75, 3.05) is 37.0 Å². The summed E-state index contributed by atoms with van der Waals surface area (Å²) in [6, 6.07) is 0.834. The van der Waals surface area contributed by atoms with Crippen LogP contribution < -0.4 is 5.32 Å². The highest BCUT2D eigenvalue weighted by Crippen LogP contribution is 2.26. The summed E-state index contributed by atoms with van der Waals surface area (Å²) in [6.07, 6.45) is 1.05. The zero-order valence-electron chi connectivity index (χ0n) is 9.77. The molecule has 2 rings (SSSR count). The Morgan fingerprint density at radius 2 is 2.50 bits per heavy atom. The van der Waals surface area contributed by atoms with Gasteiger partial charge in [0.15, 0.2) is 5.82 Å². The number of anilines is 1. The van der Waals surface area contributed by atoms with Crippen LogP contribution in [0, 0.1) is 0 Å². The van der Waals surface area contributed by atoms with Crippen molar-refractivity contribution in [2.24, 2.45) is 0 Å². The number of hydrogen-bond acceptors (Lipinski definition) is 6. The fourth-order valence-corrected chi connectivity index (χ4v) is 2.84. The standard InChI is InChI=1S/C10H18N4OS/c1-3-4-11-10-12-9(13-15-10)8-7-16-6-5-14(8)2/h8H,3-7H2,1-2H3,(H,11,12,13). The van der Waals surface area contributed by atoms with E-state index in [0.29, 0.717) is 12.1 Å². The SMILES string of the molecule is CCCNc1nc(C2CSCCN2C)no1. The van der Waals surface area contributed by atoms with Crippen molar-refractivity contribution in [3.05, 3.63) is 5.82 Å². The molecule has 6 heteroatoms. The van der Waals surface area contributed by atoms with Crippen LogP contribution in [0.25, 0.3) is 0 Å². The Balaban J connectivity index is 1.99. The van der Waals surface area contributed by atoms with E-state index in [1.54, 1.807) is 0 Å². The van der Waals surface area contributed by atoms with E-state index >= 15 is 0 Å². The first-order chi connectivity index (χ1) is 7.81. The number of hydrogen-bond donors (Lipinski definition) is 1. The second kappa shape index (κ2) is 5.54. The molecule has 1 unspecified atom stereocenters. The van der Waals surface area contributed by atoms with Crippen LogP contribution in [-0.2, 0) is 0 Å². The second-order valence-electron chi connectivity index (χ2n) is 3.96. The van der Waals surface area contributed by atoms with E-state index in [1.165, 1.54) is 5.75 Å². The third-order valence-electron chi connectivity index (χ3n) is 2.66. The molecule has 0 radical (unpaired) electrons. The summed E-state index contributed by atoms with van der Waals surface area (Å²) < 4.78 is 5.16. The first-order valence-electron chi connectivity index (χ1n) is 5.66. The van der Waals surface area contributed by atoms with Gasteiger partial charge in [-0.05, 0) is 13.5 Å². The molecule has 1 aromatic heterocycles. The van der Waals surface area contributed by atoms with Crippen molar-refractivity contribution < 1.29 is 4.52 Å². The monoisotopic (exact) mass is 242 g/mol. The van der Waals surface area contributed by atoms with Crippen LogP contribution in [-0.4, -0.2) is 46.7 Å². The molecule has 1 aromatic rings. The predicted molar refractivity (Wildman–Crippen MR) is 65.8 cm³/mol. The van der Waals surface area contributed by atoms with Crippen LogP contribution in [0.15, 0.2) is 4.52 Å². The van der Waals surface area contributed by atoms with Crippen LogP contribution in [0.1, 0.15) is 25.2 Å². The molecule has 1 aliphatic rings. The van der Waals surface area contributed by atoms with Crippen molar-refractivity contribution in [1.82, 2.24) is 15.0 Å². The van der Waals surface area contributed by atoms with Crippen LogP contribution in [0.5, 0.6) is 0 Å². The molecule has 16 heavy (non-hydrogen) atoms. The summed E-state index contributed by atoms with van der Waals surface area (Å²) in [7, 11) is 2.11. The van der Waals surface area contributed by atoms with Gasteiger partial charge < -0.3 is 9.84 Å². The quantitative estimate of drug-likeness (QED) is 0.865. The molecule has 1 N–H and O–H groups in total. The Morgan fingerprint density at radius 1 is 1.62 bits per heavy atom. The summed E-state index contributed by atoms with van der Waals surface area (Å²) >= 11 is 1.94. The molecule has 2 heterocycles. The van der Waals surface area contributed by atoms with Crippen LogP contribution in [0.3, 0.4) is 0 Å². The molecule has 90 valence electrons. The van der Waals surface area contributed by atoms with E-state index in [-0.39, 0.29) is 0 Å². The molecule has 1 atom stereocenters. The van der Waals surface area contributed by atoms with Gasteiger partial charge in [0.2, 0.25) is 0 Å². The minimum atomic E-state index is 0.291. The van der Waals surface area contributed by atoms with Crippen LogP contribution in [0.4, 0.5) is 6.01 Å². The van der Waals surface area contributed by atoms with Gasteiger partial charge in [-0.3, -0.25) is 4.90 Å². The highest BCUT2D eigenvalue weighted by atomic mass is 32.2. The molecule has 0 saturated carbocycles. The van der Waals surface area contributed by atoms with Crippen molar-refractivity contribution in [3.8, 4) is 0 Å². The highest BCUT2D eigenvalue weighted by molar-refractivity contribution is 7.99. The average molecular weight is 242 g/mol. The minimum Gasteiger partial charge on any atom is -0.338 e. The van der Waals surface area contributed by atoms with Gasteiger partial charge in [-0.25, -0.2) is 0 Å². The summed E-state index contributed by atoms with van der Waals surface area (Å²) in [6.45, 7) is 4.06. The lowest BCUT2D eigenvalue weighted by molar-refractivity contribution is 0.257. The summed E-state index contributed by atoms with van der Waals surface area (Å²) in [5, 5.41) is 7.14. The number of thioether (sulfide) groups is 1. The fourth-order valence-electron chi connectivity index (χ4n) is 1.63. The first kappa shape index (κ1) is 11.7. The summed E-state index contributed by atoms with van der Waals surface area (Å²) in [5.74, 6) is 3.03. The summed E-state index contributed by atoms with van der Waals surface area (Å²) in [5.41, 5.74) is 0. The van der Waals surface area contributed by atoms with Gasteiger partial charge in [0.05, 0.1) is 6.04 Å². The molecule has 0 amide bonds. The molecule has 5 nitrogen and oxygen atoms in total. The van der Waals surface area contributed by atoms with E-state index in [2.05, 4.69) is 34.3 Å². The maximum atomic E-state index is 5.16. The Hall–Kier alpha value is -0.750. The predicted octanol–water partition coefficient (Wildman–Crippen LogP) is 1.61. The normalized spacial score (nSPS) is 22.2. The molecule has 1 fully saturated rings. The molecule has 1 aliphatic heterocycles. The number of nitrogens with zero attached hydrogens (tertiary/aromatic N) is 3. The maximum Gasteiger partial charge on any atom is 0.321 e. The van der Waals surface area contributed by atoms with Gasteiger partial charge in [-0.15, -0.1) is 0 Å². The fraction of sp³-hybridized carbons (Fsp3) is 0.800. The topological polar surface area (TPSA) is 54.2 Å². The van der Waals surface area contributed by atoms with E-state index in [9.17, 15) is 0 Å². The molecule has 1 saturated heterocycles. The Bertz CT molecular complexity index is 330. The van der Waals surface area contributed by atoms with E-state index in [1.807, 2.05) is 11.8 Å². The number of aromatic nitrogens is 2. The van der Waals surface area contributed by atoms with Crippen LogP contribution in [0.2, 0.25) is 0 Å². The van der Waals surface area contributed by atoms with E-state index < -0.39 is 0 Å². The maximum absolute atomic E-state index is 5.16. The largest absolute Gasteiger partial charge is 0.338 e. The molecule has 0 aromatic carbocycles. The highest BCUT2D eigenvalue weighted by Gasteiger charge is 2.25. The number of rotatable bonds is 4. The third kappa shape index (κ3) is 2.68. The zero-order valence-corrected chi connectivity index (χ0v) is 10.6. The van der Waals surface area contributed by atoms with Gasteiger partial charge in [0.25, 0.3) is 0 Å². The molecular formula is C10H18N4OS. The Morgan fingerprint density at radius 3 is 3.25 bits per heavy atom. The second-order valence-corrected chi connectivity index (χ2v) is 5.11. The van der Waals surface area contributed by atoms with Crippen molar-refractivity contribution in [1.29, 1.82) is 0 Å². The minimum absolute atomic E-state index is 0.291. The van der Waals surface area contributed by atoms with Crippen molar-refractivity contribution >= 4 is 17.8 Å². The average Bonchev–Trinajstić information content (AvgIpc) is 2.75. The van der Waals surface area contributed by atoms with Gasteiger partial charge in [0.1, 0.15) is 0 Å². The van der Waals surface area contributed by atoms with Crippen LogP contribution >= 0.6 is 11.8 Å².